The average molecular weight is 626 g/mol. The lowest BCUT2D eigenvalue weighted by Crippen LogP contribution is -2.14. The topological polar surface area (TPSA) is 30.1 Å². The van der Waals surface area contributed by atoms with E-state index in [0.717, 1.165) is 55.7 Å². The molecule has 230 valence electrons. The normalized spacial score (nSPS) is 12.8. The molecule has 49 heavy (non-hydrogen) atoms. The highest BCUT2D eigenvalue weighted by Gasteiger charge is 2.36. The molecule has 0 saturated heterocycles. The Kier molecular flexibility index (Phi) is 6.54. The van der Waals surface area contributed by atoms with E-state index in [-0.39, 0.29) is 5.41 Å². The number of aromatic nitrogens is 2. The van der Waals surface area contributed by atoms with Gasteiger partial charge in [-0.2, -0.15) is 0 Å². The molecule has 1 heterocycles. The molecule has 0 spiro atoms. The second-order valence-electron chi connectivity index (χ2n) is 13.4. The maximum atomic E-state index is 7.83. The number of benzene rings is 7. The third-order valence-corrected chi connectivity index (χ3v) is 10.1. The Balaban J connectivity index is 1.14. The highest BCUT2D eigenvalue weighted by molar-refractivity contribution is 5.93. The van der Waals surface area contributed by atoms with Crippen molar-refractivity contribution in [2.24, 2.45) is 0 Å². The van der Waals surface area contributed by atoms with Crippen LogP contribution in [0.5, 0.6) is 0 Å². The van der Waals surface area contributed by atoms with Crippen LogP contribution < -0.4 is 0 Å². The van der Waals surface area contributed by atoms with Crippen molar-refractivity contribution in [3.63, 3.8) is 0 Å². The quantitative estimate of drug-likeness (QED) is 0.182. The molecule has 3 heteroatoms. The molecule has 0 bridgehead atoms. The van der Waals surface area contributed by atoms with Crippen LogP contribution in [0.15, 0.2) is 152 Å². The molecule has 1 aromatic heterocycles. The molecule has 0 N–H and O–H groups in total. The minimum Gasteiger partial charge on any atom is -0.238 e. The first kappa shape index (κ1) is 28.8. The molecule has 7 aromatic carbocycles. The number of rotatable bonds is 4. The fraction of sp³-hybridized carbons (Fsp3) is 0.0652. The maximum absolute atomic E-state index is 7.83. The van der Waals surface area contributed by atoms with Crippen LogP contribution in [0.3, 0.4) is 0 Å². The Bertz CT molecular complexity index is 2540. The van der Waals surface area contributed by atoms with Gasteiger partial charge in [-0.25, -0.2) is 14.8 Å². The van der Waals surface area contributed by atoms with Gasteiger partial charge in [0.05, 0.1) is 18.0 Å². The van der Waals surface area contributed by atoms with Crippen LogP contribution in [0.25, 0.3) is 82.5 Å². The van der Waals surface area contributed by atoms with Gasteiger partial charge >= 0.3 is 0 Å². The summed E-state index contributed by atoms with van der Waals surface area (Å²) in [5, 5.41) is 4.74. The zero-order chi connectivity index (χ0) is 33.1. The van der Waals surface area contributed by atoms with Gasteiger partial charge in [0.1, 0.15) is 0 Å². The minimum absolute atomic E-state index is 0.147. The maximum Gasteiger partial charge on any atom is 0.195 e. The summed E-state index contributed by atoms with van der Waals surface area (Å²) in [7, 11) is 0. The zero-order valence-electron chi connectivity index (χ0n) is 27.3. The second-order valence-corrected chi connectivity index (χ2v) is 13.4. The number of hydrogen-bond acceptors (Lipinski definition) is 2. The van der Waals surface area contributed by atoms with Gasteiger partial charge < -0.3 is 0 Å². The van der Waals surface area contributed by atoms with Gasteiger partial charge in [-0.3, -0.25) is 0 Å². The third kappa shape index (κ3) is 4.81. The lowest BCUT2D eigenvalue weighted by Gasteiger charge is -2.21. The minimum atomic E-state index is -0.147. The van der Waals surface area contributed by atoms with Crippen LogP contribution in [-0.4, -0.2) is 9.97 Å². The van der Waals surface area contributed by atoms with E-state index in [1.54, 1.807) is 0 Å². The number of fused-ring (bicyclic) bond motifs is 5. The lowest BCUT2D eigenvalue weighted by molar-refractivity contribution is 0.660. The summed E-state index contributed by atoms with van der Waals surface area (Å²) in [6, 6.07) is 53.3. The molecule has 1 aliphatic carbocycles. The Labute approximate surface area is 286 Å². The summed E-state index contributed by atoms with van der Waals surface area (Å²) in [6.07, 6.45) is 0. The van der Waals surface area contributed by atoms with Crippen LogP contribution in [-0.2, 0) is 5.41 Å². The summed E-state index contributed by atoms with van der Waals surface area (Å²) in [5.74, 6) is 0.700. The monoisotopic (exact) mass is 625 g/mol. The summed E-state index contributed by atoms with van der Waals surface area (Å²) in [6.45, 7) is 12.3. The van der Waals surface area contributed by atoms with Gasteiger partial charge in [-0.1, -0.05) is 141 Å². The van der Waals surface area contributed by atoms with Crippen LogP contribution >= 0.6 is 0 Å². The molecule has 0 aliphatic heterocycles. The molecule has 0 unspecified atom stereocenters. The molecule has 9 rings (SSSR count). The summed E-state index contributed by atoms with van der Waals surface area (Å²) in [4.78, 5) is 14.1. The first-order valence-corrected chi connectivity index (χ1v) is 16.6. The molecule has 0 radical (unpaired) electrons. The molecule has 3 nitrogen and oxygen atoms in total. The second kappa shape index (κ2) is 11.1. The fourth-order valence-corrected chi connectivity index (χ4v) is 7.44. The van der Waals surface area contributed by atoms with E-state index in [1.165, 1.54) is 27.3 Å². The third-order valence-electron chi connectivity index (χ3n) is 10.1. The highest BCUT2D eigenvalue weighted by Crippen LogP contribution is 2.53. The standard InChI is InChI=1S/C46H31N3/c1-46(2)39-24-23-35(27-38(39)44-40(46)13-8-14-41(44)47-3)31-15-19-32(20-16-31)42-28-43(36-21-17-29-9-4-6-11-33(29)25-36)49-45(48-42)37-22-18-30-10-5-7-12-34(30)26-37/h4-28H,1-2H3. The van der Waals surface area contributed by atoms with Gasteiger partial charge in [0, 0.05) is 22.1 Å². The molecule has 0 fully saturated rings. The molecular formula is C46H31N3. The Morgan fingerprint density at radius 3 is 1.73 bits per heavy atom. The molecular weight excluding hydrogens is 595 g/mol. The van der Waals surface area contributed by atoms with Crippen molar-refractivity contribution in [1.29, 1.82) is 0 Å². The van der Waals surface area contributed by atoms with E-state index in [0.29, 0.717) is 11.5 Å². The van der Waals surface area contributed by atoms with Crippen LogP contribution in [0.4, 0.5) is 5.69 Å². The predicted octanol–water partition coefficient (Wildman–Crippen LogP) is 12.3. The summed E-state index contributed by atoms with van der Waals surface area (Å²) < 4.78 is 0. The van der Waals surface area contributed by atoms with Crippen molar-refractivity contribution in [1.82, 2.24) is 9.97 Å². The van der Waals surface area contributed by atoms with Crippen LogP contribution in [0.1, 0.15) is 25.0 Å². The Morgan fingerprint density at radius 2 is 1.04 bits per heavy atom. The van der Waals surface area contributed by atoms with Gasteiger partial charge in [0.2, 0.25) is 0 Å². The molecule has 8 aromatic rings. The van der Waals surface area contributed by atoms with Crippen molar-refractivity contribution in [2.75, 3.05) is 0 Å². The van der Waals surface area contributed by atoms with Crippen molar-refractivity contribution in [3.8, 4) is 56.2 Å². The van der Waals surface area contributed by atoms with E-state index in [4.69, 9.17) is 16.5 Å². The van der Waals surface area contributed by atoms with Crippen molar-refractivity contribution in [3.05, 3.63) is 174 Å². The highest BCUT2D eigenvalue weighted by atomic mass is 14.9. The molecule has 0 atom stereocenters. The first-order valence-electron chi connectivity index (χ1n) is 16.6. The average Bonchev–Trinajstić information content (AvgIpc) is 3.39. The van der Waals surface area contributed by atoms with E-state index >= 15 is 0 Å². The van der Waals surface area contributed by atoms with E-state index < -0.39 is 0 Å². The van der Waals surface area contributed by atoms with Gasteiger partial charge in [0.15, 0.2) is 11.5 Å². The van der Waals surface area contributed by atoms with E-state index in [1.807, 2.05) is 12.1 Å². The fourth-order valence-electron chi connectivity index (χ4n) is 7.44. The first-order chi connectivity index (χ1) is 24.0. The SMILES string of the molecule is [C-]#[N+]c1cccc2c1-c1cc(-c3ccc(-c4cc(-c5ccc6ccccc6c5)nc(-c5ccc6ccccc6c5)n4)cc3)ccc1C2(C)C. The van der Waals surface area contributed by atoms with Crippen molar-refractivity contribution in [2.45, 2.75) is 19.3 Å². The number of hydrogen-bond donors (Lipinski definition) is 0. The Morgan fingerprint density at radius 1 is 0.469 bits per heavy atom. The van der Waals surface area contributed by atoms with Crippen LogP contribution in [0.2, 0.25) is 0 Å². The molecule has 1 aliphatic rings. The zero-order valence-corrected chi connectivity index (χ0v) is 27.3. The molecule has 0 saturated carbocycles. The summed E-state index contributed by atoms with van der Waals surface area (Å²) in [5.41, 5.74) is 12.4. The van der Waals surface area contributed by atoms with Gasteiger partial charge in [-0.05, 0) is 79.2 Å². The lowest BCUT2D eigenvalue weighted by atomic mass is 9.82. The predicted molar refractivity (Wildman–Crippen MR) is 203 cm³/mol. The number of nitrogens with zero attached hydrogens (tertiary/aromatic N) is 3. The van der Waals surface area contributed by atoms with Crippen LogP contribution in [0, 0.1) is 6.57 Å². The van der Waals surface area contributed by atoms with E-state index in [9.17, 15) is 0 Å². The van der Waals surface area contributed by atoms with Crippen molar-refractivity contribution < 1.29 is 0 Å². The van der Waals surface area contributed by atoms with Gasteiger partial charge in [0.25, 0.3) is 0 Å². The summed E-state index contributed by atoms with van der Waals surface area (Å²) >= 11 is 0. The smallest absolute Gasteiger partial charge is 0.195 e. The molecule has 0 amide bonds. The van der Waals surface area contributed by atoms with Gasteiger partial charge in [-0.15, -0.1) is 0 Å². The Hall–Kier alpha value is -6.37. The van der Waals surface area contributed by atoms with E-state index in [2.05, 4.69) is 158 Å². The largest absolute Gasteiger partial charge is 0.238 e. The van der Waals surface area contributed by atoms with Crippen molar-refractivity contribution >= 4 is 27.2 Å².